The minimum Gasteiger partial charge on any atom is -0.473 e. The molecular weight excluding hydrogens is 562 g/mol. The summed E-state index contributed by atoms with van der Waals surface area (Å²) in [5.41, 5.74) is 2.11. The molecule has 1 N–H and O–H groups in total. The molecule has 0 radical (unpaired) electrons. The van der Waals surface area contributed by atoms with E-state index < -0.39 is 23.4 Å². The predicted molar refractivity (Wildman–Crippen MR) is 162 cm³/mol. The summed E-state index contributed by atoms with van der Waals surface area (Å²) in [6, 6.07) is 23.1. The van der Waals surface area contributed by atoms with Crippen molar-refractivity contribution < 1.29 is 23.5 Å². The molecule has 1 atom stereocenters. The lowest BCUT2D eigenvalue weighted by Crippen LogP contribution is -2.34. The van der Waals surface area contributed by atoms with Gasteiger partial charge in [-0.05, 0) is 43.2 Å². The van der Waals surface area contributed by atoms with Crippen molar-refractivity contribution in [1.82, 2.24) is 0 Å². The molecule has 5 rings (SSSR count). The molecule has 0 aliphatic heterocycles. The molecule has 2 heterocycles. The Morgan fingerprint density at radius 1 is 0.951 bits per heavy atom. The van der Waals surface area contributed by atoms with Crippen molar-refractivity contribution >= 4 is 50.8 Å². The van der Waals surface area contributed by atoms with Gasteiger partial charge in [-0.25, -0.2) is 4.79 Å². The van der Waals surface area contributed by atoms with Gasteiger partial charge in [0, 0.05) is 16.5 Å². The van der Waals surface area contributed by atoms with Crippen molar-refractivity contribution in [1.29, 1.82) is 0 Å². The first kappa shape index (κ1) is 28.1. The van der Waals surface area contributed by atoms with E-state index in [1.807, 2.05) is 30.3 Å². The minimum absolute atomic E-state index is 0.124. The minimum atomic E-state index is -1.09. The molecule has 5 aromatic rings. The fourth-order valence-corrected chi connectivity index (χ4v) is 5.58. The van der Waals surface area contributed by atoms with Crippen molar-refractivity contribution in [3.63, 3.8) is 0 Å². The zero-order valence-corrected chi connectivity index (χ0v) is 23.9. The Hall–Kier alpha value is -4.40. The summed E-state index contributed by atoms with van der Waals surface area (Å²) in [6.45, 7) is 3.66. The number of benzene rings is 3. The van der Waals surface area contributed by atoms with Crippen LogP contribution < -0.4 is 15.5 Å². The Balaban J connectivity index is 1.52. The molecule has 3 aromatic carbocycles. The Bertz CT molecular complexity index is 1780. The lowest BCUT2D eigenvalue weighted by Gasteiger charge is -2.19. The summed E-state index contributed by atoms with van der Waals surface area (Å²) >= 11 is 7.67. The van der Waals surface area contributed by atoms with Gasteiger partial charge in [0.2, 0.25) is 11.2 Å². The number of hydrogen-bond acceptors (Lipinski definition) is 7. The molecule has 208 valence electrons. The van der Waals surface area contributed by atoms with Gasteiger partial charge >= 0.3 is 5.97 Å². The van der Waals surface area contributed by atoms with Crippen LogP contribution in [-0.4, -0.2) is 24.6 Å². The molecule has 0 saturated carbocycles. The number of halogens is 1. The zero-order valence-electron chi connectivity index (χ0n) is 22.3. The lowest BCUT2D eigenvalue weighted by atomic mass is 10.0. The smallest absolute Gasteiger partial charge is 0.341 e. The van der Waals surface area contributed by atoms with Gasteiger partial charge in [0.25, 0.3) is 5.91 Å². The Morgan fingerprint density at radius 2 is 1.66 bits per heavy atom. The van der Waals surface area contributed by atoms with Crippen LogP contribution in [0.25, 0.3) is 33.4 Å². The van der Waals surface area contributed by atoms with Crippen LogP contribution in [0.2, 0.25) is 5.02 Å². The van der Waals surface area contributed by atoms with E-state index in [1.165, 1.54) is 11.3 Å². The molecule has 0 bridgehead atoms. The second-order valence-electron chi connectivity index (χ2n) is 9.01. The second-order valence-corrected chi connectivity index (χ2v) is 10.3. The van der Waals surface area contributed by atoms with Crippen LogP contribution in [0.5, 0.6) is 5.75 Å². The Labute approximate surface area is 245 Å². The summed E-state index contributed by atoms with van der Waals surface area (Å²) in [4.78, 5) is 40.2. The van der Waals surface area contributed by atoms with E-state index in [0.717, 1.165) is 5.56 Å². The van der Waals surface area contributed by atoms with E-state index >= 15 is 0 Å². The normalized spacial score (nSPS) is 11.7. The van der Waals surface area contributed by atoms with E-state index in [9.17, 15) is 14.4 Å². The Kier molecular flexibility index (Phi) is 8.52. The zero-order chi connectivity index (χ0) is 28.9. The van der Waals surface area contributed by atoms with Gasteiger partial charge in [-0.1, -0.05) is 73.1 Å². The van der Waals surface area contributed by atoms with E-state index in [2.05, 4.69) is 5.32 Å². The number of nitrogens with one attached hydrogen (secondary N) is 1. The summed E-state index contributed by atoms with van der Waals surface area (Å²) in [7, 11) is 0. The van der Waals surface area contributed by atoms with Gasteiger partial charge in [-0.2, -0.15) is 0 Å². The number of carbonyl (C=O) groups excluding carboxylic acids is 2. The van der Waals surface area contributed by atoms with Crippen LogP contribution in [0.15, 0.2) is 93.5 Å². The van der Waals surface area contributed by atoms with Crippen molar-refractivity contribution in [3.8, 4) is 28.2 Å². The highest BCUT2D eigenvalue weighted by Crippen LogP contribution is 2.38. The highest BCUT2D eigenvalue weighted by Gasteiger charge is 2.28. The molecule has 0 saturated heterocycles. The highest BCUT2D eigenvalue weighted by atomic mass is 35.5. The van der Waals surface area contributed by atoms with Gasteiger partial charge in [-0.15, -0.1) is 11.3 Å². The molecular formula is C32H26ClNO6S. The third kappa shape index (κ3) is 5.75. The quantitative estimate of drug-likeness (QED) is 0.177. The SMILES string of the molecule is CCOC(=O)c1c(-c2ccccc2)csc1NC(=O)C(CC)Oc1c(-c2ccccc2Cl)oc2ccccc2c1=O. The molecule has 0 fully saturated rings. The number of rotatable bonds is 9. The van der Waals surface area contributed by atoms with Crippen LogP contribution in [-0.2, 0) is 9.53 Å². The second kappa shape index (κ2) is 12.4. The summed E-state index contributed by atoms with van der Waals surface area (Å²) in [5.74, 6) is -1.08. The molecule has 2 aromatic heterocycles. The average Bonchev–Trinajstić information content (AvgIpc) is 3.41. The van der Waals surface area contributed by atoms with E-state index in [4.69, 9.17) is 25.5 Å². The van der Waals surface area contributed by atoms with E-state index in [1.54, 1.807) is 67.8 Å². The van der Waals surface area contributed by atoms with Crippen molar-refractivity contribution in [2.45, 2.75) is 26.4 Å². The number of thiophene rings is 1. The number of para-hydroxylation sites is 1. The first-order valence-corrected chi connectivity index (χ1v) is 14.3. The highest BCUT2D eigenvalue weighted by molar-refractivity contribution is 7.15. The first-order valence-electron chi connectivity index (χ1n) is 13.0. The molecule has 7 nitrogen and oxygen atoms in total. The summed E-state index contributed by atoms with van der Waals surface area (Å²) in [6.07, 6.45) is -0.858. The van der Waals surface area contributed by atoms with E-state index in [0.29, 0.717) is 32.1 Å². The molecule has 1 unspecified atom stereocenters. The third-order valence-corrected chi connectivity index (χ3v) is 7.62. The number of carbonyl (C=O) groups is 2. The average molecular weight is 588 g/mol. The topological polar surface area (TPSA) is 94.8 Å². The predicted octanol–water partition coefficient (Wildman–Crippen LogP) is 7.81. The monoisotopic (exact) mass is 587 g/mol. The van der Waals surface area contributed by atoms with Crippen LogP contribution >= 0.6 is 22.9 Å². The standard InChI is InChI=1S/C32H26ClNO6S/c1-3-24(30(36)34-31-26(32(37)38-4-2)22(18-41-31)19-12-6-5-7-13-19)39-29-27(35)21-15-9-11-17-25(21)40-28(29)20-14-8-10-16-23(20)33/h5-18,24H,3-4H2,1-2H3,(H,34,36). The summed E-state index contributed by atoms with van der Waals surface area (Å²) < 4.78 is 17.5. The maximum absolute atomic E-state index is 13.6. The van der Waals surface area contributed by atoms with Gasteiger partial charge in [0.1, 0.15) is 16.1 Å². The largest absolute Gasteiger partial charge is 0.473 e. The fourth-order valence-electron chi connectivity index (χ4n) is 4.40. The van der Waals surface area contributed by atoms with Crippen LogP contribution in [0.1, 0.15) is 30.6 Å². The van der Waals surface area contributed by atoms with Gasteiger partial charge in [-0.3, -0.25) is 9.59 Å². The van der Waals surface area contributed by atoms with Gasteiger partial charge in [0.15, 0.2) is 11.9 Å². The fraction of sp³-hybridized carbons (Fsp3) is 0.156. The van der Waals surface area contributed by atoms with Crippen molar-refractivity contribution in [2.75, 3.05) is 11.9 Å². The van der Waals surface area contributed by atoms with Crippen molar-refractivity contribution in [2.24, 2.45) is 0 Å². The van der Waals surface area contributed by atoms with E-state index in [-0.39, 0.29) is 30.1 Å². The van der Waals surface area contributed by atoms with Crippen molar-refractivity contribution in [3.05, 3.63) is 105 Å². The molecule has 41 heavy (non-hydrogen) atoms. The number of esters is 1. The van der Waals surface area contributed by atoms with Gasteiger partial charge in [0.05, 0.1) is 17.0 Å². The van der Waals surface area contributed by atoms with Crippen LogP contribution in [0.3, 0.4) is 0 Å². The molecule has 0 aliphatic carbocycles. The number of anilines is 1. The summed E-state index contributed by atoms with van der Waals surface area (Å²) in [5, 5.41) is 5.63. The number of fused-ring (bicyclic) bond motifs is 1. The maximum Gasteiger partial charge on any atom is 0.341 e. The number of hydrogen-bond donors (Lipinski definition) is 1. The van der Waals surface area contributed by atoms with Gasteiger partial charge < -0.3 is 19.2 Å². The molecule has 0 aliphatic rings. The van der Waals surface area contributed by atoms with Crippen LogP contribution in [0, 0.1) is 0 Å². The third-order valence-electron chi connectivity index (χ3n) is 6.39. The lowest BCUT2D eigenvalue weighted by molar-refractivity contribution is -0.122. The molecule has 0 spiro atoms. The number of amides is 1. The Morgan fingerprint density at radius 3 is 2.39 bits per heavy atom. The molecule has 9 heteroatoms. The first-order chi connectivity index (χ1) is 19.9. The van der Waals surface area contributed by atoms with Crippen LogP contribution in [0.4, 0.5) is 5.00 Å². The maximum atomic E-state index is 13.6. The molecule has 1 amide bonds. The number of ether oxygens (including phenoxy) is 2.